The fraction of sp³-hybridized carbons (Fsp3) is 0.500. The molecular weight excluding hydrogens is 248 g/mol. The Kier molecular flexibility index (Phi) is 2.82. The fourth-order valence-electron chi connectivity index (χ4n) is 2.72. The van der Waals surface area contributed by atoms with E-state index in [1.54, 1.807) is 6.07 Å². The number of nitrogens with one attached hydrogen (secondary N) is 1. The lowest BCUT2D eigenvalue weighted by molar-refractivity contribution is -0.0375. The van der Waals surface area contributed by atoms with Crippen molar-refractivity contribution in [2.24, 2.45) is 7.05 Å². The minimum atomic E-state index is -2.84. The molecule has 3 rings (SSSR count). The molecule has 19 heavy (non-hydrogen) atoms. The van der Waals surface area contributed by atoms with Crippen molar-refractivity contribution >= 4 is 11.0 Å². The van der Waals surface area contributed by atoms with E-state index in [4.69, 9.17) is 0 Å². The van der Waals surface area contributed by atoms with Crippen LogP contribution in [0.25, 0.3) is 11.0 Å². The van der Waals surface area contributed by atoms with Crippen LogP contribution in [-0.2, 0) is 13.0 Å². The second kappa shape index (κ2) is 4.27. The van der Waals surface area contributed by atoms with Crippen LogP contribution < -0.4 is 5.32 Å². The average molecular weight is 265 g/mol. The molecular formula is C14H17F2N3. The summed E-state index contributed by atoms with van der Waals surface area (Å²) >= 11 is 0. The van der Waals surface area contributed by atoms with E-state index in [0.717, 1.165) is 17.8 Å². The molecule has 0 amide bonds. The molecule has 0 bridgehead atoms. The number of benzene rings is 1. The first-order valence-electron chi connectivity index (χ1n) is 6.55. The number of aryl methyl sites for hydroxylation is 2. The molecule has 2 aromatic rings. The molecule has 1 fully saturated rings. The number of rotatable bonds is 2. The van der Waals surface area contributed by atoms with Gasteiger partial charge in [-0.1, -0.05) is 6.07 Å². The maximum atomic E-state index is 14.4. The molecule has 1 atom stereocenters. The molecule has 1 aromatic heterocycles. The van der Waals surface area contributed by atoms with E-state index in [0.29, 0.717) is 18.5 Å². The number of halogens is 2. The molecule has 102 valence electrons. The van der Waals surface area contributed by atoms with E-state index in [-0.39, 0.29) is 5.56 Å². The summed E-state index contributed by atoms with van der Waals surface area (Å²) in [6, 6.07) is 4.01. The summed E-state index contributed by atoms with van der Waals surface area (Å²) < 4.78 is 30.7. The van der Waals surface area contributed by atoms with Crippen LogP contribution >= 0.6 is 0 Å². The number of hydrogen-bond acceptors (Lipinski definition) is 2. The molecule has 1 aliphatic heterocycles. The number of hydrogen-bond donors (Lipinski definition) is 1. The molecule has 3 nitrogen and oxygen atoms in total. The normalized spacial score (nSPS) is 20.3. The summed E-state index contributed by atoms with van der Waals surface area (Å²) in [4.78, 5) is 4.32. The van der Waals surface area contributed by atoms with Crippen molar-refractivity contribution in [3.05, 3.63) is 29.6 Å². The Hall–Kier alpha value is -1.49. The second-order valence-corrected chi connectivity index (χ2v) is 5.19. The van der Waals surface area contributed by atoms with Gasteiger partial charge in [0, 0.05) is 12.6 Å². The van der Waals surface area contributed by atoms with Gasteiger partial charge in [0.25, 0.3) is 5.92 Å². The third-order valence-electron chi connectivity index (χ3n) is 3.99. The van der Waals surface area contributed by atoms with Crippen LogP contribution in [0.1, 0.15) is 24.2 Å². The highest BCUT2D eigenvalue weighted by Crippen LogP contribution is 2.36. The summed E-state index contributed by atoms with van der Waals surface area (Å²) in [5, 5.41) is 2.88. The first kappa shape index (κ1) is 12.5. The van der Waals surface area contributed by atoms with E-state index in [2.05, 4.69) is 10.3 Å². The van der Waals surface area contributed by atoms with Gasteiger partial charge in [0.2, 0.25) is 0 Å². The summed E-state index contributed by atoms with van der Waals surface area (Å²) in [6.45, 7) is 2.54. The van der Waals surface area contributed by atoms with Crippen molar-refractivity contribution in [1.29, 1.82) is 0 Å². The number of alkyl halides is 2. The Labute approximate surface area is 110 Å². The van der Waals surface area contributed by atoms with Gasteiger partial charge in [-0.3, -0.25) is 0 Å². The fourth-order valence-corrected chi connectivity index (χ4v) is 2.72. The van der Waals surface area contributed by atoms with Crippen molar-refractivity contribution < 1.29 is 8.78 Å². The molecule has 0 spiro atoms. The maximum absolute atomic E-state index is 14.4. The average Bonchev–Trinajstić information content (AvgIpc) is 2.99. The molecule has 1 saturated heterocycles. The zero-order valence-corrected chi connectivity index (χ0v) is 11.1. The van der Waals surface area contributed by atoms with Crippen molar-refractivity contribution in [2.45, 2.75) is 31.7 Å². The lowest BCUT2D eigenvalue weighted by Gasteiger charge is -2.23. The van der Waals surface area contributed by atoms with Crippen LogP contribution in [-0.4, -0.2) is 22.1 Å². The third-order valence-corrected chi connectivity index (χ3v) is 3.99. The number of fused-ring (bicyclic) bond motifs is 1. The van der Waals surface area contributed by atoms with E-state index >= 15 is 0 Å². The SMILES string of the molecule is Cc1nc2cc(C(F)(F)C3CCCN3)ccc2n1C. The summed E-state index contributed by atoms with van der Waals surface area (Å²) in [7, 11) is 1.89. The summed E-state index contributed by atoms with van der Waals surface area (Å²) in [6.07, 6.45) is 1.33. The standard InChI is InChI=1S/C14H17F2N3/c1-9-18-11-8-10(5-6-12(11)19(9)2)14(15,16)13-4-3-7-17-13/h5-6,8,13,17H,3-4,7H2,1-2H3. The van der Waals surface area contributed by atoms with Gasteiger partial charge in [0.05, 0.1) is 17.1 Å². The number of imidazole rings is 1. The van der Waals surface area contributed by atoms with E-state index < -0.39 is 12.0 Å². The predicted molar refractivity (Wildman–Crippen MR) is 70.4 cm³/mol. The molecule has 0 saturated carbocycles. The van der Waals surface area contributed by atoms with Gasteiger partial charge in [-0.2, -0.15) is 8.78 Å². The molecule has 1 unspecified atom stereocenters. The lowest BCUT2D eigenvalue weighted by Crippen LogP contribution is -2.38. The minimum Gasteiger partial charge on any atom is -0.331 e. The number of aromatic nitrogens is 2. The minimum absolute atomic E-state index is 0.0532. The smallest absolute Gasteiger partial charge is 0.288 e. The van der Waals surface area contributed by atoms with Gasteiger partial charge >= 0.3 is 0 Å². The van der Waals surface area contributed by atoms with Crippen LogP contribution in [0.4, 0.5) is 8.78 Å². The van der Waals surface area contributed by atoms with Crippen LogP contribution in [0, 0.1) is 6.92 Å². The van der Waals surface area contributed by atoms with Gasteiger partial charge in [-0.15, -0.1) is 0 Å². The Morgan fingerprint density at radius 2 is 2.21 bits per heavy atom. The van der Waals surface area contributed by atoms with Crippen LogP contribution in [0.3, 0.4) is 0 Å². The quantitative estimate of drug-likeness (QED) is 0.904. The zero-order chi connectivity index (χ0) is 13.6. The van der Waals surface area contributed by atoms with Gasteiger partial charge in [-0.05, 0) is 38.4 Å². The highest BCUT2D eigenvalue weighted by Gasteiger charge is 2.42. The Bertz CT molecular complexity index is 612. The lowest BCUT2D eigenvalue weighted by atomic mass is 9.99. The van der Waals surface area contributed by atoms with E-state index in [1.165, 1.54) is 12.1 Å². The predicted octanol–water partition coefficient (Wildman–Crippen LogP) is 2.73. The van der Waals surface area contributed by atoms with E-state index in [1.807, 2.05) is 18.5 Å². The molecule has 1 aliphatic rings. The maximum Gasteiger partial charge on any atom is 0.288 e. The third kappa shape index (κ3) is 1.92. The topological polar surface area (TPSA) is 29.9 Å². The van der Waals surface area contributed by atoms with Gasteiger partial charge in [0.1, 0.15) is 5.82 Å². The van der Waals surface area contributed by atoms with Gasteiger partial charge in [-0.25, -0.2) is 4.98 Å². The Balaban J connectivity index is 2.05. The highest BCUT2D eigenvalue weighted by atomic mass is 19.3. The summed E-state index contributed by atoms with van der Waals surface area (Å²) in [5.41, 5.74) is 1.57. The number of nitrogens with zero attached hydrogens (tertiary/aromatic N) is 2. The zero-order valence-electron chi connectivity index (χ0n) is 11.1. The molecule has 0 aliphatic carbocycles. The molecule has 1 aromatic carbocycles. The summed E-state index contributed by atoms with van der Waals surface area (Å²) in [5.74, 6) is -2.01. The van der Waals surface area contributed by atoms with Crippen LogP contribution in [0.5, 0.6) is 0 Å². The molecule has 2 heterocycles. The Morgan fingerprint density at radius 1 is 1.42 bits per heavy atom. The molecule has 1 N–H and O–H groups in total. The highest BCUT2D eigenvalue weighted by molar-refractivity contribution is 5.77. The largest absolute Gasteiger partial charge is 0.331 e. The van der Waals surface area contributed by atoms with Crippen molar-refractivity contribution in [1.82, 2.24) is 14.9 Å². The van der Waals surface area contributed by atoms with E-state index in [9.17, 15) is 8.78 Å². The van der Waals surface area contributed by atoms with Gasteiger partial charge < -0.3 is 9.88 Å². The van der Waals surface area contributed by atoms with Crippen molar-refractivity contribution in [2.75, 3.05) is 6.54 Å². The first-order chi connectivity index (χ1) is 9.00. The van der Waals surface area contributed by atoms with Crippen LogP contribution in [0.15, 0.2) is 18.2 Å². The Morgan fingerprint density at radius 3 is 2.89 bits per heavy atom. The first-order valence-corrected chi connectivity index (χ1v) is 6.55. The monoisotopic (exact) mass is 265 g/mol. The van der Waals surface area contributed by atoms with Crippen molar-refractivity contribution in [3.63, 3.8) is 0 Å². The van der Waals surface area contributed by atoms with Crippen molar-refractivity contribution in [3.8, 4) is 0 Å². The van der Waals surface area contributed by atoms with Crippen LogP contribution in [0.2, 0.25) is 0 Å². The second-order valence-electron chi connectivity index (χ2n) is 5.19. The molecule has 5 heteroatoms. The van der Waals surface area contributed by atoms with Gasteiger partial charge in [0.15, 0.2) is 0 Å². The molecule has 0 radical (unpaired) electrons.